The Labute approximate surface area is 173 Å². The van der Waals surface area contributed by atoms with Crippen molar-refractivity contribution in [1.29, 1.82) is 0 Å². The first-order valence-corrected chi connectivity index (χ1v) is 11.0. The molecule has 1 saturated carbocycles. The molecule has 7 heteroatoms. The van der Waals surface area contributed by atoms with Gasteiger partial charge >= 0.3 is 0 Å². The van der Waals surface area contributed by atoms with E-state index < -0.39 is 5.79 Å². The molecular formula is C22H25N3O3S. The van der Waals surface area contributed by atoms with Crippen LogP contribution >= 0.6 is 11.3 Å². The molecule has 0 saturated heterocycles. The Bertz CT molecular complexity index is 1140. The summed E-state index contributed by atoms with van der Waals surface area (Å²) in [5.41, 5.74) is 1.85. The minimum Gasteiger partial charge on any atom is -0.448 e. The Morgan fingerprint density at radius 3 is 2.72 bits per heavy atom. The van der Waals surface area contributed by atoms with E-state index in [4.69, 9.17) is 14.5 Å². The quantitative estimate of drug-likeness (QED) is 0.619. The molecule has 0 bridgehead atoms. The first-order chi connectivity index (χ1) is 13.9. The molecule has 5 rings (SSSR count). The maximum absolute atomic E-state index is 12.6. The Morgan fingerprint density at radius 1 is 1.17 bits per heavy atom. The summed E-state index contributed by atoms with van der Waals surface area (Å²) in [5, 5.41) is 4.13. The Hall–Kier alpha value is -2.54. The molecule has 29 heavy (non-hydrogen) atoms. The first kappa shape index (κ1) is 18.5. The molecule has 1 unspecified atom stereocenters. The molecule has 3 heterocycles. The minimum absolute atomic E-state index is 0.0783. The van der Waals surface area contributed by atoms with Crippen LogP contribution in [0.3, 0.4) is 0 Å². The number of fused-ring (bicyclic) bond motifs is 2. The summed E-state index contributed by atoms with van der Waals surface area (Å²) in [6, 6.07) is 5.76. The van der Waals surface area contributed by atoms with Gasteiger partial charge in [0.1, 0.15) is 10.7 Å². The molecule has 1 atom stereocenters. The van der Waals surface area contributed by atoms with Gasteiger partial charge in [-0.1, -0.05) is 6.42 Å². The second kappa shape index (κ2) is 6.76. The van der Waals surface area contributed by atoms with Gasteiger partial charge in [-0.2, -0.15) is 0 Å². The highest BCUT2D eigenvalue weighted by Gasteiger charge is 2.42. The maximum atomic E-state index is 12.6. The number of H-pyrrole nitrogens is 1. The highest BCUT2D eigenvalue weighted by atomic mass is 32.1. The normalized spacial score (nSPS) is 18.3. The van der Waals surface area contributed by atoms with Gasteiger partial charge in [0.15, 0.2) is 11.5 Å². The topological polar surface area (TPSA) is 76.2 Å². The van der Waals surface area contributed by atoms with Crippen molar-refractivity contribution in [2.75, 3.05) is 5.32 Å². The van der Waals surface area contributed by atoms with Crippen molar-refractivity contribution in [3.05, 3.63) is 44.8 Å². The van der Waals surface area contributed by atoms with Crippen molar-refractivity contribution in [2.24, 2.45) is 0 Å². The van der Waals surface area contributed by atoms with Crippen LogP contribution in [0.5, 0.6) is 11.5 Å². The van der Waals surface area contributed by atoms with Gasteiger partial charge in [-0.15, -0.1) is 11.3 Å². The van der Waals surface area contributed by atoms with E-state index in [1.807, 2.05) is 39.0 Å². The fourth-order valence-corrected chi connectivity index (χ4v) is 5.31. The molecule has 6 nitrogen and oxygen atoms in total. The van der Waals surface area contributed by atoms with Crippen LogP contribution in [0.25, 0.3) is 10.2 Å². The molecule has 1 aliphatic carbocycles. The van der Waals surface area contributed by atoms with E-state index in [9.17, 15) is 4.79 Å². The zero-order chi connectivity index (χ0) is 20.2. The van der Waals surface area contributed by atoms with Gasteiger partial charge in [0.25, 0.3) is 11.3 Å². The molecule has 1 fully saturated rings. The van der Waals surface area contributed by atoms with Gasteiger partial charge in [-0.25, -0.2) is 4.98 Å². The van der Waals surface area contributed by atoms with E-state index in [2.05, 4.69) is 10.3 Å². The van der Waals surface area contributed by atoms with Crippen LogP contribution in [0.4, 0.5) is 5.69 Å². The second-order valence-electron chi connectivity index (χ2n) is 8.12. The predicted octanol–water partition coefficient (Wildman–Crippen LogP) is 5.21. The monoisotopic (exact) mass is 411 g/mol. The summed E-state index contributed by atoms with van der Waals surface area (Å²) < 4.78 is 12.4. The summed E-state index contributed by atoms with van der Waals surface area (Å²) in [6.07, 6.45) is 5.39. The number of ether oxygens (including phenoxy) is 2. The van der Waals surface area contributed by atoms with Gasteiger partial charge in [-0.05, 0) is 51.3 Å². The SMILES string of the molecule is Cc1sc2nc(C(C)Nc3ccc4c(c3)OC3(CCCCC3)O4)[nH]c(=O)c2c1C. The highest BCUT2D eigenvalue weighted by molar-refractivity contribution is 7.18. The number of nitrogens with one attached hydrogen (secondary N) is 2. The maximum Gasteiger partial charge on any atom is 0.259 e. The van der Waals surface area contributed by atoms with Gasteiger partial charge in [0.2, 0.25) is 0 Å². The number of thiophene rings is 1. The van der Waals surface area contributed by atoms with Crippen molar-refractivity contribution in [1.82, 2.24) is 9.97 Å². The fraction of sp³-hybridized carbons (Fsp3) is 0.455. The molecule has 3 aromatic rings. The highest BCUT2D eigenvalue weighted by Crippen LogP contribution is 2.46. The van der Waals surface area contributed by atoms with Crippen LogP contribution in [-0.4, -0.2) is 15.8 Å². The van der Waals surface area contributed by atoms with Crippen LogP contribution in [0.1, 0.15) is 61.3 Å². The van der Waals surface area contributed by atoms with Crippen molar-refractivity contribution < 1.29 is 9.47 Å². The van der Waals surface area contributed by atoms with Gasteiger partial charge in [0.05, 0.1) is 11.4 Å². The van der Waals surface area contributed by atoms with E-state index in [-0.39, 0.29) is 11.6 Å². The molecule has 0 amide bonds. The fourth-order valence-electron chi connectivity index (χ4n) is 4.27. The lowest BCUT2D eigenvalue weighted by Gasteiger charge is -2.31. The second-order valence-corrected chi connectivity index (χ2v) is 9.32. The number of anilines is 1. The van der Waals surface area contributed by atoms with E-state index in [1.165, 1.54) is 6.42 Å². The summed E-state index contributed by atoms with van der Waals surface area (Å²) in [4.78, 5) is 22.1. The number of aromatic amines is 1. The number of hydrogen-bond donors (Lipinski definition) is 2. The minimum atomic E-state index is -0.475. The lowest BCUT2D eigenvalue weighted by atomic mass is 9.94. The molecule has 0 radical (unpaired) electrons. The van der Waals surface area contributed by atoms with Crippen LogP contribution in [0, 0.1) is 13.8 Å². The van der Waals surface area contributed by atoms with Crippen molar-refractivity contribution >= 4 is 27.2 Å². The van der Waals surface area contributed by atoms with Gasteiger partial charge < -0.3 is 19.8 Å². The Morgan fingerprint density at radius 2 is 1.93 bits per heavy atom. The summed E-state index contributed by atoms with van der Waals surface area (Å²) in [7, 11) is 0. The van der Waals surface area contributed by atoms with E-state index in [1.54, 1.807) is 11.3 Å². The number of rotatable bonds is 3. The van der Waals surface area contributed by atoms with Crippen LogP contribution in [0.15, 0.2) is 23.0 Å². The third-order valence-corrected chi connectivity index (χ3v) is 7.10. The molecule has 2 aromatic heterocycles. The van der Waals surface area contributed by atoms with E-state index >= 15 is 0 Å². The van der Waals surface area contributed by atoms with Crippen LogP contribution < -0.4 is 20.3 Å². The third-order valence-electron chi connectivity index (χ3n) is 6.00. The number of aromatic nitrogens is 2. The van der Waals surface area contributed by atoms with Crippen LogP contribution in [-0.2, 0) is 0 Å². The van der Waals surface area contributed by atoms with Gasteiger partial charge in [-0.3, -0.25) is 4.79 Å². The first-order valence-electron chi connectivity index (χ1n) is 10.2. The van der Waals surface area contributed by atoms with Crippen molar-refractivity contribution in [3.8, 4) is 11.5 Å². The number of hydrogen-bond acceptors (Lipinski definition) is 6. The van der Waals surface area contributed by atoms with Crippen molar-refractivity contribution in [2.45, 2.75) is 64.7 Å². The van der Waals surface area contributed by atoms with Crippen molar-refractivity contribution in [3.63, 3.8) is 0 Å². The summed E-state index contributed by atoms with van der Waals surface area (Å²) in [6.45, 7) is 5.98. The van der Waals surface area contributed by atoms with E-state index in [0.29, 0.717) is 11.2 Å². The Kier molecular flexibility index (Phi) is 4.31. The molecule has 152 valence electrons. The molecular weight excluding hydrogens is 386 g/mol. The molecule has 2 N–H and O–H groups in total. The zero-order valence-corrected chi connectivity index (χ0v) is 17.7. The molecule has 1 spiro atoms. The van der Waals surface area contributed by atoms with Crippen LogP contribution in [0.2, 0.25) is 0 Å². The standard InChI is InChI=1S/C22H25N3O3S/c1-12-14(3)29-21-18(12)20(26)24-19(25-21)13(2)23-15-7-8-16-17(11-15)28-22(27-16)9-5-4-6-10-22/h7-8,11,13,23H,4-6,9-10H2,1-3H3,(H,24,25,26). The smallest absolute Gasteiger partial charge is 0.259 e. The number of benzene rings is 1. The molecule has 1 aromatic carbocycles. The number of aryl methyl sites for hydroxylation is 2. The molecule has 1 aliphatic heterocycles. The summed E-state index contributed by atoms with van der Waals surface area (Å²) in [5.74, 6) is 1.75. The predicted molar refractivity (Wildman–Crippen MR) is 115 cm³/mol. The lowest BCUT2D eigenvalue weighted by molar-refractivity contribution is -0.105. The zero-order valence-electron chi connectivity index (χ0n) is 16.9. The Balaban J connectivity index is 1.38. The molecule has 2 aliphatic rings. The third kappa shape index (κ3) is 3.17. The lowest BCUT2D eigenvalue weighted by Crippen LogP contribution is -2.40. The number of nitrogens with zero attached hydrogens (tertiary/aromatic N) is 1. The largest absolute Gasteiger partial charge is 0.448 e. The van der Waals surface area contributed by atoms with Gasteiger partial charge in [0, 0.05) is 29.5 Å². The summed E-state index contributed by atoms with van der Waals surface area (Å²) >= 11 is 1.56. The van der Waals surface area contributed by atoms with E-state index in [0.717, 1.165) is 58.1 Å². The average molecular weight is 412 g/mol. The average Bonchev–Trinajstić information content (AvgIpc) is 3.18.